The number of hydrogen-bond donors (Lipinski definition) is 1. The fraction of sp³-hybridized carbons (Fsp3) is 0.471. The van der Waals surface area contributed by atoms with E-state index >= 15 is 0 Å². The summed E-state index contributed by atoms with van der Waals surface area (Å²) in [6, 6.07) is 7.73. The first-order valence-electron chi connectivity index (χ1n) is 8.14. The molecule has 1 aliphatic heterocycles. The topological polar surface area (TPSA) is 80.5 Å². The van der Waals surface area contributed by atoms with Crippen molar-refractivity contribution in [2.45, 2.75) is 31.9 Å². The van der Waals surface area contributed by atoms with Crippen LogP contribution in [0.3, 0.4) is 0 Å². The molecule has 0 bridgehead atoms. The van der Waals surface area contributed by atoms with Gasteiger partial charge in [-0.1, -0.05) is 24.3 Å². The minimum Gasteiger partial charge on any atom is -0.484 e. The third kappa shape index (κ3) is 3.91. The lowest BCUT2D eigenvalue weighted by molar-refractivity contribution is -0.133. The molecule has 0 saturated carbocycles. The first kappa shape index (κ1) is 16.4. The minimum absolute atomic E-state index is 0.0229. The Balaban J connectivity index is 1.50. The average molecular weight is 330 g/mol. The number of carbonyl (C=O) groups excluding carboxylic acids is 1. The molecule has 2 aromatic rings. The largest absolute Gasteiger partial charge is 0.484 e. The number of aliphatic hydroxyl groups is 1. The van der Waals surface area contributed by atoms with E-state index in [4.69, 9.17) is 4.74 Å². The summed E-state index contributed by atoms with van der Waals surface area (Å²) in [5, 5.41) is 18.2. The highest BCUT2D eigenvalue weighted by molar-refractivity contribution is 5.78. The van der Waals surface area contributed by atoms with Crippen molar-refractivity contribution in [3.05, 3.63) is 42.2 Å². The lowest BCUT2D eigenvalue weighted by Crippen LogP contribution is -2.40. The normalized spacial score (nSPS) is 20.3. The molecule has 1 aromatic carbocycles. The number of nitrogens with zero attached hydrogens (tertiary/aromatic N) is 4. The second-order valence-electron chi connectivity index (χ2n) is 6.18. The van der Waals surface area contributed by atoms with Crippen LogP contribution in [0.5, 0.6) is 5.75 Å². The van der Waals surface area contributed by atoms with Gasteiger partial charge in [-0.05, 0) is 30.5 Å². The van der Waals surface area contributed by atoms with Crippen LogP contribution in [-0.2, 0) is 17.8 Å². The van der Waals surface area contributed by atoms with Crippen LogP contribution in [0.1, 0.15) is 18.9 Å². The molecule has 1 aromatic heterocycles. The van der Waals surface area contributed by atoms with Crippen LogP contribution in [0.25, 0.3) is 0 Å². The Morgan fingerprint density at radius 2 is 2.17 bits per heavy atom. The number of hydrogen-bond acceptors (Lipinski definition) is 5. The average Bonchev–Trinajstić information content (AvgIpc) is 3.23. The van der Waals surface area contributed by atoms with Crippen molar-refractivity contribution in [1.82, 2.24) is 19.9 Å². The zero-order valence-electron chi connectivity index (χ0n) is 13.8. The Hall–Kier alpha value is -2.41. The first-order chi connectivity index (χ1) is 11.6. The molecule has 128 valence electrons. The molecule has 2 heterocycles. The molecule has 24 heavy (non-hydrogen) atoms. The summed E-state index contributed by atoms with van der Waals surface area (Å²) >= 11 is 0. The van der Waals surface area contributed by atoms with Crippen molar-refractivity contribution in [3.8, 4) is 5.75 Å². The number of benzene rings is 1. The predicted molar refractivity (Wildman–Crippen MR) is 87.5 cm³/mol. The Morgan fingerprint density at radius 1 is 1.38 bits per heavy atom. The number of ether oxygens (including phenoxy) is 1. The van der Waals surface area contributed by atoms with Crippen LogP contribution in [0.4, 0.5) is 0 Å². The van der Waals surface area contributed by atoms with Crippen molar-refractivity contribution < 1.29 is 14.6 Å². The number of aryl methyl sites for hydroxylation is 1. The van der Waals surface area contributed by atoms with Gasteiger partial charge in [0.2, 0.25) is 0 Å². The molecule has 0 radical (unpaired) electrons. The maximum Gasteiger partial charge on any atom is 0.260 e. The summed E-state index contributed by atoms with van der Waals surface area (Å²) in [6.07, 6.45) is 4.76. The van der Waals surface area contributed by atoms with E-state index in [0.717, 1.165) is 6.42 Å². The van der Waals surface area contributed by atoms with E-state index in [1.54, 1.807) is 22.0 Å². The summed E-state index contributed by atoms with van der Waals surface area (Å²) in [6.45, 7) is 3.19. The quantitative estimate of drug-likeness (QED) is 0.850. The Kier molecular flexibility index (Phi) is 4.80. The monoisotopic (exact) mass is 330 g/mol. The highest BCUT2D eigenvalue weighted by Crippen LogP contribution is 2.23. The van der Waals surface area contributed by atoms with Gasteiger partial charge in [0.05, 0.1) is 19.3 Å². The van der Waals surface area contributed by atoms with Gasteiger partial charge < -0.3 is 14.7 Å². The van der Waals surface area contributed by atoms with Crippen molar-refractivity contribution in [2.75, 3.05) is 19.7 Å². The van der Waals surface area contributed by atoms with E-state index in [0.29, 0.717) is 25.3 Å². The lowest BCUT2D eigenvalue weighted by Gasteiger charge is -2.23. The molecule has 0 spiro atoms. The summed E-state index contributed by atoms with van der Waals surface area (Å²) < 4.78 is 7.14. The van der Waals surface area contributed by atoms with Gasteiger partial charge in [0, 0.05) is 12.7 Å². The fourth-order valence-corrected chi connectivity index (χ4v) is 2.87. The highest BCUT2D eigenvalue weighted by Gasteiger charge is 2.38. The molecule has 1 atom stereocenters. The SMILES string of the molecule is CCc1ccc(OCC(=O)N2CCC(O)(Cn3ccnn3)C2)cc1. The van der Waals surface area contributed by atoms with Gasteiger partial charge in [-0.2, -0.15) is 0 Å². The van der Waals surface area contributed by atoms with Gasteiger partial charge >= 0.3 is 0 Å². The van der Waals surface area contributed by atoms with Gasteiger partial charge in [-0.3, -0.25) is 4.79 Å². The summed E-state index contributed by atoms with van der Waals surface area (Å²) in [4.78, 5) is 13.9. The van der Waals surface area contributed by atoms with Crippen molar-refractivity contribution >= 4 is 5.91 Å². The number of carbonyl (C=O) groups is 1. The Bertz CT molecular complexity index is 672. The molecular weight excluding hydrogens is 308 g/mol. The molecule has 7 heteroatoms. The molecule has 3 rings (SSSR count). The van der Waals surface area contributed by atoms with Gasteiger partial charge in [-0.15, -0.1) is 5.10 Å². The molecule has 1 unspecified atom stereocenters. The molecule has 1 N–H and O–H groups in total. The molecule has 1 amide bonds. The maximum atomic E-state index is 12.3. The minimum atomic E-state index is -0.966. The summed E-state index contributed by atoms with van der Waals surface area (Å²) in [5.74, 6) is 0.557. The van der Waals surface area contributed by atoms with E-state index in [-0.39, 0.29) is 19.1 Å². The Morgan fingerprint density at radius 3 is 2.83 bits per heavy atom. The van der Waals surface area contributed by atoms with E-state index in [1.807, 2.05) is 24.3 Å². The van der Waals surface area contributed by atoms with Crippen molar-refractivity contribution in [1.29, 1.82) is 0 Å². The van der Waals surface area contributed by atoms with E-state index in [1.165, 1.54) is 5.56 Å². The highest BCUT2D eigenvalue weighted by atomic mass is 16.5. The van der Waals surface area contributed by atoms with E-state index in [9.17, 15) is 9.90 Å². The molecule has 1 aliphatic rings. The molecule has 7 nitrogen and oxygen atoms in total. The lowest BCUT2D eigenvalue weighted by atomic mass is 10.0. The summed E-state index contributed by atoms with van der Waals surface area (Å²) in [7, 11) is 0. The first-order valence-corrected chi connectivity index (χ1v) is 8.14. The Labute approximate surface area is 140 Å². The smallest absolute Gasteiger partial charge is 0.260 e. The van der Waals surface area contributed by atoms with E-state index in [2.05, 4.69) is 17.2 Å². The predicted octanol–water partition coefficient (Wildman–Crippen LogP) is 0.883. The maximum absolute atomic E-state index is 12.3. The van der Waals surface area contributed by atoms with Crippen LogP contribution in [-0.4, -0.2) is 56.2 Å². The van der Waals surface area contributed by atoms with Crippen LogP contribution in [0.15, 0.2) is 36.7 Å². The van der Waals surface area contributed by atoms with Gasteiger partial charge in [-0.25, -0.2) is 4.68 Å². The third-order valence-corrected chi connectivity index (χ3v) is 4.31. The third-order valence-electron chi connectivity index (χ3n) is 4.31. The molecular formula is C17H22N4O3. The van der Waals surface area contributed by atoms with Gasteiger partial charge in [0.1, 0.15) is 11.4 Å². The number of β-amino-alcohol motifs (C(OH)–C–C–N with tert-alkyl or cyclic N) is 1. The molecule has 1 fully saturated rings. The van der Waals surface area contributed by atoms with Crippen LogP contribution in [0, 0.1) is 0 Å². The van der Waals surface area contributed by atoms with Crippen LogP contribution in [0.2, 0.25) is 0 Å². The zero-order valence-corrected chi connectivity index (χ0v) is 13.8. The van der Waals surface area contributed by atoms with Crippen molar-refractivity contribution in [3.63, 3.8) is 0 Å². The zero-order chi connectivity index (χ0) is 17.0. The summed E-state index contributed by atoms with van der Waals surface area (Å²) in [5.41, 5.74) is 0.262. The number of amides is 1. The van der Waals surface area contributed by atoms with Gasteiger partial charge in [0.25, 0.3) is 5.91 Å². The molecule has 0 aliphatic carbocycles. The van der Waals surface area contributed by atoms with Crippen LogP contribution < -0.4 is 4.74 Å². The fourth-order valence-electron chi connectivity index (χ4n) is 2.87. The van der Waals surface area contributed by atoms with Gasteiger partial charge in [0.15, 0.2) is 6.61 Å². The second-order valence-corrected chi connectivity index (χ2v) is 6.18. The van der Waals surface area contributed by atoms with Crippen LogP contribution >= 0.6 is 0 Å². The molecule has 1 saturated heterocycles. The number of aromatic nitrogens is 3. The van der Waals surface area contributed by atoms with Crippen molar-refractivity contribution in [2.24, 2.45) is 0 Å². The van der Waals surface area contributed by atoms with E-state index < -0.39 is 5.60 Å². The second kappa shape index (κ2) is 7.00. The number of likely N-dealkylation sites (tertiary alicyclic amines) is 1. The number of rotatable bonds is 6. The standard InChI is InChI=1S/C17H22N4O3/c1-2-14-3-5-15(6-4-14)24-11-16(22)20-9-7-17(23,12-20)13-21-10-8-18-19-21/h3-6,8,10,23H,2,7,9,11-13H2,1H3.